The van der Waals surface area contributed by atoms with Crippen molar-refractivity contribution in [2.45, 2.75) is 30.0 Å². The van der Waals surface area contributed by atoms with Gasteiger partial charge in [-0.2, -0.15) is 28.3 Å². The van der Waals surface area contributed by atoms with Crippen molar-refractivity contribution in [1.82, 2.24) is 15.0 Å². The molecule has 0 amide bonds. The van der Waals surface area contributed by atoms with Crippen molar-refractivity contribution in [1.29, 1.82) is 5.26 Å². The van der Waals surface area contributed by atoms with Gasteiger partial charge in [-0.25, -0.2) is 0 Å². The fourth-order valence-corrected chi connectivity index (χ4v) is 6.27. The lowest BCUT2D eigenvalue weighted by molar-refractivity contribution is -0.137. The van der Waals surface area contributed by atoms with E-state index in [-0.39, 0.29) is 34.7 Å². The SMILES string of the molecule is N#Cc1nn(C(c2ccccc2)(c2ccccc2)c2ccccc2)nc1-c1cc(OCC2(c3ccccc3)CC2)cc(C(F)(F)F)c1. The molecule has 0 N–H and O–H groups in total. The van der Waals surface area contributed by atoms with Crippen LogP contribution in [0.5, 0.6) is 5.75 Å². The van der Waals surface area contributed by atoms with Gasteiger partial charge in [0.1, 0.15) is 17.5 Å². The molecule has 0 spiro atoms. The Balaban J connectivity index is 1.39. The molecule has 0 unspecified atom stereocenters. The molecule has 0 atom stereocenters. The van der Waals surface area contributed by atoms with Gasteiger partial charge in [-0.3, -0.25) is 0 Å². The van der Waals surface area contributed by atoms with Crippen molar-refractivity contribution >= 4 is 0 Å². The van der Waals surface area contributed by atoms with E-state index in [0.717, 1.165) is 47.2 Å². The summed E-state index contributed by atoms with van der Waals surface area (Å²) in [6.07, 6.45) is -2.89. The Labute approximate surface area is 270 Å². The van der Waals surface area contributed by atoms with Crippen LogP contribution in [0.15, 0.2) is 140 Å². The molecule has 8 heteroatoms. The van der Waals surface area contributed by atoms with E-state index < -0.39 is 17.3 Å². The lowest BCUT2D eigenvalue weighted by Gasteiger charge is -2.34. The number of hydrogen-bond donors (Lipinski definition) is 0. The summed E-state index contributed by atoms with van der Waals surface area (Å²) in [6, 6.07) is 44.3. The van der Waals surface area contributed by atoms with E-state index in [9.17, 15) is 18.4 Å². The maximum Gasteiger partial charge on any atom is 0.416 e. The number of aromatic nitrogens is 3. The van der Waals surface area contributed by atoms with Gasteiger partial charge in [-0.1, -0.05) is 121 Å². The minimum absolute atomic E-state index is 0.0276. The summed E-state index contributed by atoms with van der Waals surface area (Å²) in [7, 11) is 0. The van der Waals surface area contributed by atoms with Crippen LogP contribution in [-0.2, 0) is 17.1 Å². The summed E-state index contributed by atoms with van der Waals surface area (Å²) >= 11 is 0. The molecule has 232 valence electrons. The maximum absolute atomic E-state index is 14.3. The standard InChI is InChI=1S/C39H29F3N4O/c40-39(41,42)33-23-28(24-34(25-33)47-27-37(21-22-37)29-13-5-1-6-14-29)36-35(26-43)44-46(45-36)38(30-15-7-2-8-16-30,31-17-9-3-10-18-31)32-19-11-4-12-20-32/h1-20,23-25H,21-22,27H2. The van der Waals surface area contributed by atoms with Crippen LogP contribution >= 0.6 is 0 Å². The van der Waals surface area contributed by atoms with Gasteiger partial charge in [0.05, 0.1) is 12.2 Å². The Morgan fingerprint density at radius 2 is 1.19 bits per heavy atom. The van der Waals surface area contributed by atoms with Crippen LogP contribution in [0.1, 0.15) is 46.4 Å². The van der Waals surface area contributed by atoms with Crippen LogP contribution in [0, 0.1) is 11.3 Å². The first-order chi connectivity index (χ1) is 22.8. The minimum atomic E-state index is -4.66. The molecule has 1 aliphatic rings. The first kappa shape index (κ1) is 30.0. The zero-order valence-corrected chi connectivity index (χ0v) is 25.2. The first-order valence-corrected chi connectivity index (χ1v) is 15.3. The van der Waals surface area contributed by atoms with Crippen molar-refractivity contribution in [3.8, 4) is 23.1 Å². The number of rotatable bonds is 9. The van der Waals surface area contributed by atoms with E-state index >= 15 is 0 Å². The quantitative estimate of drug-likeness (QED) is 0.151. The van der Waals surface area contributed by atoms with Gasteiger partial charge < -0.3 is 4.74 Å². The van der Waals surface area contributed by atoms with Crippen molar-refractivity contribution in [2.75, 3.05) is 6.61 Å². The average Bonchev–Trinajstić information content (AvgIpc) is 3.79. The smallest absolute Gasteiger partial charge is 0.416 e. The van der Waals surface area contributed by atoms with Crippen molar-refractivity contribution in [3.63, 3.8) is 0 Å². The monoisotopic (exact) mass is 626 g/mol. The molecular weight excluding hydrogens is 597 g/mol. The van der Waals surface area contributed by atoms with Crippen LogP contribution < -0.4 is 4.74 Å². The summed E-state index contributed by atoms with van der Waals surface area (Å²) in [5.41, 5.74) is 1.26. The zero-order chi connectivity index (χ0) is 32.5. The molecule has 1 saturated carbocycles. The summed E-state index contributed by atoms with van der Waals surface area (Å²) in [4.78, 5) is 1.45. The highest BCUT2D eigenvalue weighted by Gasteiger charge is 2.45. The number of halogens is 3. The molecule has 0 saturated heterocycles. The van der Waals surface area contributed by atoms with Crippen molar-refractivity contribution < 1.29 is 17.9 Å². The molecule has 0 radical (unpaired) electrons. The molecule has 0 aliphatic heterocycles. The molecule has 5 nitrogen and oxygen atoms in total. The predicted molar refractivity (Wildman–Crippen MR) is 173 cm³/mol. The minimum Gasteiger partial charge on any atom is -0.493 e. The number of benzene rings is 5. The topological polar surface area (TPSA) is 63.7 Å². The highest BCUT2D eigenvalue weighted by atomic mass is 19.4. The molecule has 5 aromatic carbocycles. The maximum atomic E-state index is 14.3. The number of alkyl halides is 3. The van der Waals surface area contributed by atoms with Gasteiger partial charge in [0.25, 0.3) is 0 Å². The van der Waals surface area contributed by atoms with Gasteiger partial charge in [0, 0.05) is 11.0 Å². The lowest BCUT2D eigenvalue weighted by Crippen LogP contribution is -2.39. The highest BCUT2D eigenvalue weighted by molar-refractivity contribution is 5.67. The Morgan fingerprint density at radius 1 is 0.681 bits per heavy atom. The van der Waals surface area contributed by atoms with E-state index in [1.807, 2.05) is 121 Å². The van der Waals surface area contributed by atoms with Gasteiger partial charge >= 0.3 is 6.18 Å². The fourth-order valence-electron chi connectivity index (χ4n) is 6.27. The van der Waals surface area contributed by atoms with E-state index in [2.05, 4.69) is 11.2 Å². The second-order valence-corrected chi connectivity index (χ2v) is 11.8. The largest absolute Gasteiger partial charge is 0.493 e. The second kappa shape index (κ2) is 11.9. The van der Waals surface area contributed by atoms with Crippen molar-refractivity contribution in [3.05, 3.63) is 173 Å². The van der Waals surface area contributed by atoms with E-state index in [0.29, 0.717) is 0 Å². The third-order valence-corrected chi connectivity index (χ3v) is 8.86. The van der Waals surface area contributed by atoms with Crippen LogP contribution in [0.2, 0.25) is 0 Å². The number of hydrogen-bond acceptors (Lipinski definition) is 4. The predicted octanol–water partition coefficient (Wildman–Crippen LogP) is 8.79. The number of ether oxygens (including phenoxy) is 1. The van der Waals surface area contributed by atoms with Crippen LogP contribution in [0.4, 0.5) is 13.2 Å². The molecule has 1 fully saturated rings. The molecule has 1 heterocycles. The van der Waals surface area contributed by atoms with Crippen LogP contribution in [0.3, 0.4) is 0 Å². The van der Waals surface area contributed by atoms with Crippen molar-refractivity contribution in [2.24, 2.45) is 0 Å². The molecule has 1 aromatic heterocycles. The van der Waals surface area contributed by atoms with Gasteiger partial charge in [0.15, 0.2) is 11.2 Å². The zero-order valence-electron chi connectivity index (χ0n) is 25.2. The Kier molecular flexibility index (Phi) is 7.61. The first-order valence-electron chi connectivity index (χ1n) is 15.3. The Morgan fingerprint density at radius 3 is 1.66 bits per heavy atom. The fraction of sp³-hybridized carbons (Fsp3) is 0.154. The molecule has 1 aliphatic carbocycles. The summed E-state index contributed by atoms with van der Waals surface area (Å²) in [6.45, 7) is 0.231. The number of nitrogens with zero attached hydrogens (tertiary/aromatic N) is 4. The molecule has 6 aromatic rings. The van der Waals surface area contributed by atoms with E-state index in [1.165, 1.54) is 10.9 Å². The Bertz CT molecular complexity index is 1940. The number of nitriles is 1. The lowest BCUT2D eigenvalue weighted by atomic mass is 9.77. The molecular formula is C39H29F3N4O. The van der Waals surface area contributed by atoms with Gasteiger partial charge in [-0.15, -0.1) is 5.10 Å². The highest BCUT2D eigenvalue weighted by Crippen LogP contribution is 2.49. The second-order valence-electron chi connectivity index (χ2n) is 11.8. The third kappa shape index (κ3) is 5.55. The van der Waals surface area contributed by atoms with Gasteiger partial charge in [0.2, 0.25) is 0 Å². The van der Waals surface area contributed by atoms with Gasteiger partial charge in [-0.05, 0) is 53.3 Å². The van der Waals surface area contributed by atoms with Crippen LogP contribution in [-0.4, -0.2) is 21.6 Å². The molecule has 0 bridgehead atoms. The molecule has 47 heavy (non-hydrogen) atoms. The van der Waals surface area contributed by atoms with E-state index in [4.69, 9.17) is 9.84 Å². The van der Waals surface area contributed by atoms with E-state index in [1.54, 1.807) is 0 Å². The summed E-state index contributed by atoms with van der Waals surface area (Å²) in [5.74, 6) is 0.0518. The summed E-state index contributed by atoms with van der Waals surface area (Å²) < 4.78 is 49.0. The normalized spacial score (nSPS) is 13.9. The average molecular weight is 627 g/mol. The Hall–Kier alpha value is -5.68. The van der Waals surface area contributed by atoms with Crippen LogP contribution in [0.25, 0.3) is 11.3 Å². The summed E-state index contributed by atoms with van der Waals surface area (Å²) in [5, 5.41) is 19.8. The third-order valence-electron chi connectivity index (χ3n) is 8.86. The molecule has 7 rings (SSSR count).